The molecule has 1 aliphatic heterocycles. The summed E-state index contributed by atoms with van der Waals surface area (Å²) in [6, 6.07) is 11.4. The highest BCUT2D eigenvalue weighted by molar-refractivity contribution is 14.1. The van der Waals surface area contributed by atoms with Crippen LogP contribution >= 0.6 is 22.6 Å². The molecule has 1 saturated heterocycles. The van der Waals surface area contributed by atoms with E-state index in [-0.39, 0.29) is 18.5 Å². The van der Waals surface area contributed by atoms with Crippen LogP contribution in [0.2, 0.25) is 0 Å². The van der Waals surface area contributed by atoms with Crippen LogP contribution in [-0.2, 0) is 9.47 Å². The Kier molecular flexibility index (Phi) is 6.68. The molecule has 0 saturated carbocycles. The average molecular weight is 482 g/mol. The molecular formula is C20H19IO6. The molecule has 27 heavy (non-hydrogen) atoms. The quantitative estimate of drug-likeness (QED) is 0.354. The Morgan fingerprint density at radius 3 is 2.67 bits per heavy atom. The molecule has 0 spiro atoms. The zero-order valence-electron chi connectivity index (χ0n) is 14.8. The fourth-order valence-corrected chi connectivity index (χ4v) is 3.41. The summed E-state index contributed by atoms with van der Waals surface area (Å²) < 4.78 is 22.1. The van der Waals surface area contributed by atoms with Gasteiger partial charge in [-0.1, -0.05) is 6.07 Å². The summed E-state index contributed by atoms with van der Waals surface area (Å²) in [4.78, 5) is 24.5. The van der Waals surface area contributed by atoms with Crippen LogP contribution in [0.25, 0.3) is 0 Å². The Morgan fingerprint density at radius 2 is 1.96 bits per heavy atom. The number of halogens is 1. The lowest BCUT2D eigenvalue weighted by Crippen LogP contribution is -2.18. The molecule has 1 aliphatic rings. The molecule has 1 fully saturated rings. The van der Waals surface area contributed by atoms with Gasteiger partial charge in [0.15, 0.2) is 0 Å². The van der Waals surface area contributed by atoms with E-state index in [9.17, 15) is 9.59 Å². The fraction of sp³-hybridized carbons (Fsp3) is 0.300. The van der Waals surface area contributed by atoms with Crippen LogP contribution in [0.1, 0.15) is 33.6 Å². The van der Waals surface area contributed by atoms with E-state index in [0.717, 1.165) is 16.4 Å². The second-order valence-corrected chi connectivity index (χ2v) is 7.16. The molecule has 142 valence electrons. The minimum atomic E-state index is -0.513. The number of benzene rings is 2. The molecule has 0 aliphatic carbocycles. The first-order valence-electron chi connectivity index (χ1n) is 8.51. The van der Waals surface area contributed by atoms with Gasteiger partial charge in [-0.25, -0.2) is 9.59 Å². The molecule has 2 aromatic carbocycles. The molecule has 1 unspecified atom stereocenters. The van der Waals surface area contributed by atoms with Crippen molar-refractivity contribution >= 4 is 34.5 Å². The van der Waals surface area contributed by atoms with Crippen molar-refractivity contribution in [3.63, 3.8) is 0 Å². The molecule has 0 aromatic heterocycles. The smallest absolute Gasteiger partial charge is 0.343 e. The van der Waals surface area contributed by atoms with Crippen LogP contribution < -0.4 is 9.47 Å². The van der Waals surface area contributed by atoms with Gasteiger partial charge in [0.2, 0.25) is 0 Å². The molecule has 0 radical (unpaired) electrons. The maximum absolute atomic E-state index is 12.3. The lowest BCUT2D eigenvalue weighted by atomic mass is 10.2. The van der Waals surface area contributed by atoms with E-state index >= 15 is 0 Å². The number of esters is 2. The Bertz CT molecular complexity index is 829. The van der Waals surface area contributed by atoms with Crippen molar-refractivity contribution in [2.24, 2.45) is 0 Å². The maximum Gasteiger partial charge on any atom is 0.343 e. The van der Waals surface area contributed by atoms with Crippen LogP contribution in [0.5, 0.6) is 11.5 Å². The maximum atomic E-state index is 12.3. The monoisotopic (exact) mass is 482 g/mol. The average Bonchev–Trinajstić information content (AvgIpc) is 3.20. The number of carbonyl (C=O) groups is 2. The first kappa shape index (κ1) is 19.6. The SMILES string of the molecule is COc1ccc(C(=O)Oc2cccc(C(=O)OCC3CCCO3)c2)cc1I. The van der Waals surface area contributed by atoms with E-state index in [1.165, 1.54) is 6.07 Å². The minimum Gasteiger partial charge on any atom is -0.496 e. The number of ether oxygens (including phenoxy) is 4. The zero-order chi connectivity index (χ0) is 19.2. The third-order valence-corrected chi connectivity index (χ3v) is 4.94. The number of hydrogen-bond donors (Lipinski definition) is 0. The van der Waals surface area contributed by atoms with Crippen molar-refractivity contribution in [2.45, 2.75) is 18.9 Å². The van der Waals surface area contributed by atoms with Gasteiger partial charge in [-0.3, -0.25) is 0 Å². The van der Waals surface area contributed by atoms with Crippen LogP contribution in [0, 0.1) is 3.57 Å². The predicted molar refractivity (Wildman–Crippen MR) is 106 cm³/mol. The van der Waals surface area contributed by atoms with Gasteiger partial charge < -0.3 is 18.9 Å². The summed E-state index contributed by atoms with van der Waals surface area (Å²) in [6.45, 7) is 0.936. The lowest BCUT2D eigenvalue weighted by Gasteiger charge is -2.11. The van der Waals surface area contributed by atoms with Crippen molar-refractivity contribution in [1.82, 2.24) is 0 Å². The second-order valence-electron chi connectivity index (χ2n) is 6.00. The van der Waals surface area contributed by atoms with Crippen LogP contribution in [0.3, 0.4) is 0 Å². The van der Waals surface area contributed by atoms with E-state index in [4.69, 9.17) is 18.9 Å². The Hall–Kier alpha value is -2.13. The summed E-state index contributed by atoms with van der Waals surface area (Å²) in [5.41, 5.74) is 0.717. The standard InChI is InChI=1S/C20H19IO6/c1-24-18-8-7-14(11-17(18)21)20(23)27-15-5-2-4-13(10-15)19(22)26-12-16-6-3-9-25-16/h2,4-5,7-8,10-11,16H,3,6,9,12H2,1H3. The van der Waals surface area contributed by atoms with Crippen molar-refractivity contribution in [3.05, 3.63) is 57.2 Å². The molecule has 2 aromatic rings. The third kappa shape index (κ3) is 5.20. The molecule has 6 nitrogen and oxygen atoms in total. The highest BCUT2D eigenvalue weighted by atomic mass is 127. The van der Waals surface area contributed by atoms with Gasteiger partial charge in [-0.05, 0) is 71.8 Å². The summed E-state index contributed by atoms with van der Waals surface area (Å²) in [7, 11) is 1.57. The number of carbonyl (C=O) groups excluding carboxylic acids is 2. The third-order valence-electron chi connectivity index (χ3n) is 4.09. The van der Waals surface area contributed by atoms with Gasteiger partial charge in [0.25, 0.3) is 0 Å². The number of methoxy groups -OCH3 is 1. The largest absolute Gasteiger partial charge is 0.496 e. The van der Waals surface area contributed by atoms with Gasteiger partial charge in [-0.2, -0.15) is 0 Å². The van der Waals surface area contributed by atoms with Gasteiger partial charge in [0, 0.05) is 6.61 Å². The molecule has 7 heteroatoms. The minimum absolute atomic E-state index is 0.0347. The number of rotatable bonds is 6. The topological polar surface area (TPSA) is 71.1 Å². The van der Waals surface area contributed by atoms with Gasteiger partial charge in [0.1, 0.15) is 18.1 Å². The second kappa shape index (κ2) is 9.18. The summed E-state index contributed by atoms with van der Waals surface area (Å²) in [6.07, 6.45) is 1.84. The molecular weight excluding hydrogens is 463 g/mol. The number of hydrogen-bond acceptors (Lipinski definition) is 6. The summed E-state index contributed by atoms with van der Waals surface area (Å²) >= 11 is 2.09. The van der Waals surface area contributed by atoms with Crippen LogP contribution in [0.15, 0.2) is 42.5 Å². The fourth-order valence-electron chi connectivity index (χ4n) is 2.67. The first-order valence-corrected chi connectivity index (χ1v) is 9.59. The Morgan fingerprint density at radius 1 is 1.15 bits per heavy atom. The molecule has 0 amide bonds. The van der Waals surface area contributed by atoms with E-state index in [2.05, 4.69) is 22.6 Å². The van der Waals surface area contributed by atoms with E-state index in [1.807, 2.05) is 0 Å². The van der Waals surface area contributed by atoms with Crippen LogP contribution in [-0.4, -0.2) is 38.4 Å². The Labute approximate surface area is 170 Å². The zero-order valence-corrected chi connectivity index (χ0v) is 16.9. The van der Waals surface area contributed by atoms with Crippen LogP contribution in [0.4, 0.5) is 0 Å². The van der Waals surface area contributed by atoms with E-state index < -0.39 is 11.9 Å². The Balaban J connectivity index is 1.63. The van der Waals surface area contributed by atoms with Crippen molar-refractivity contribution in [3.8, 4) is 11.5 Å². The summed E-state index contributed by atoms with van der Waals surface area (Å²) in [5, 5.41) is 0. The highest BCUT2D eigenvalue weighted by Crippen LogP contribution is 2.23. The first-order chi connectivity index (χ1) is 13.1. The summed E-state index contributed by atoms with van der Waals surface area (Å²) in [5.74, 6) is -0.0247. The molecule has 0 N–H and O–H groups in total. The molecule has 3 rings (SSSR count). The highest BCUT2D eigenvalue weighted by Gasteiger charge is 2.19. The predicted octanol–water partition coefficient (Wildman–Crippen LogP) is 3.85. The lowest BCUT2D eigenvalue weighted by molar-refractivity contribution is 0.0161. The van der Waals surface area contributed by atoms with Crippen molar-refractivity contribution in [1.29, 1.82) is 0 Å². The van der Waals surface area contributed by atoms with Crippen molar-refractivity contribution in [2.75, 3.05) is 20.3 Å². The van der Waals surface area contributed by atoms with Gasteiger partial charge in [-0.15, -0.1) is 0 Å². The molecule has 0 bridgehead atoms. The van der Waals surface area contributed by atoms with Crippen molar-refractivity contribution < 1.29 is 28.5 Å². The van der Waals surface area contributed by atoms with Gasteiger partial charge in [0.05, 0.1) is 27.9 Å². The van der Waals surface area contributed by atoms with Gasteiger partial charge >= 0.3 is 11.9 Å². The van der Waals surface area contributed by atoms with E-state index in [0.29, 0.717) is 23.5 Å². The molecule has 1 heterocycles. The normalized spacial score (nSPS) is 16.0. The molecule has 1 atom stereocenters. The van der Waals surface area contributed by atoms with E-state index in [1.54, 1.807) is 43.5 Å².